The van der Waals surface area contributed by atoms with Crippen molar-refractivity contribution < 1.29 is 4.79 Å². The quantitative estimate of drug-likeness (QED) is 0.726. The van der Waals surface area contributed by atoms with Crippen LogP contribution in [0, 0.1) is 0 Å². The maximum Gasteiger partial charge on any atom is 0.255 e. The van der Waals surface area contributed by atoms with Gasteiger partial charge in [0, 0.05) is 19.1 Å². The topological polar surface area (TPSA) is 23.6 Å². The minimum atomic E-state index is 0. The van der Waals surface area contributed by atoms with E-state index in [4.69, 9.17) is 11.6 Å². The van der Waals surface area contributed by atoms with E-state index in [1.807, 2.05) is 24.3 Å². The fourth-order valence-corrected chi connectivity index (χ4v) is 4.27. The lowest BCUT2D eigenvalue weighted by molar-refractivity contribution is 0.0584. The van der Waals surface area contributed by atoms with Crippen molar-refractivity contribution in [1.29, 1.82) is 0 Å². The molecule has 1 aromatic rings. The minimum Gasteiger partial charge on any atom is -0.336 e. The van der Waals surface area contributed by atoms with E-state index in [1.165, 1.54) is 45.2 Å². The number of benzene rings is 1. The summed E-state index contributed by atoms with van der Waals surface area (Å²) in [6, 6.07) is 7.81. The van der Waals surface area contributed by atoms with Crippen molar-refractivity contribution in [1.82, 2.24) is 9.80 Å². The first kappa shape index (κ1) is 20.5. The highest BCUT2D eigenvalue weighted by Crippen LogP contribution is 2.25. The normalized spacial score (nSPS) is 22.1. The Morgan fingerprint density at radius 3 is 2.40 bits per heavy atom. The molecule has 1 atom stereocenters. The van der Waals surface area contributed by atoms with E-state index < -0.39 is 0 Å². The first-order valence-corrected chi connectivity index (χ1v) is 9.91. The molecule has 2 aliphatic heterocycles. The molecule has 25 heavy (non-hydrogen) atoms. The molecule has 5 heteroatoms. The number of carbonyl (C=O) groups excluding carboxylic acids is 1. The van der Waals surface area contributed by atoms with E-state index >= 15 is 0 Å². The van der Waals surface area contributed by atoms with Gasteiger partial charge in [-0.3, -0.25) is 4.79 Å². The smallest absolute Gasteiger partial charge is 0.255 e. The largest absolute Gasteiger partial charge is 0.336 e. The highest BCUT2D eigenvalue weighted by Gasteiger charge is 2.28. The van der Waals surface area contributed by atoms with Crippen molar-refractivity contribution in [2.24, 2.45) is 0 Å². The molecule has 1 aromatic carbocycles. The van der Waals surface area contributed by atoms with Gasteiger partial charge in [0.15, 0.2) is 0 Å². The summed E-state index contributed by atoms with van der Waals surface area (Å²) in [5.74, 6) is 0.112. The van der Waals surface area contributed by atoms with Gasteiger partial charge in [-0.1, -0.05) is 36.6 Å². The number of likely N-dealkylation sites (tertiary alicyclic amines) is 2. The van der Waals surface area contributed by atoms with Gasteiger partial charge in [0.25, 0.3) is 5.91 Å². The predicted molar refractivity (Wildman–Crippen MR) is 107 cm³/mol. The van der Waals surface area contributed by atoms with Crippen LogP contribution in [0.2, 0.25) is 5.02 Å². The molecular weight excluding hydrogens is 355 g/mol. The first-order valence-electron chi connectivity index (χ1n) is 9.53. The van der Waals surface area contributed by atoms with Crippen molar-refractivity contribution in [2.45, 2.75) is 57.4 Å². The summed E-state index contributed by atoms with van der Waals surface area (Å²) in [5.41, 5.74) is 0.654. The van der Waals surface area contributed by atoms with Gasteiger partial charge in [-0.15, -0.1) is 12.4 Å². The lowest BCUT2D eigenvalue weighted by atomic mass is 9.97. The van der Waals surface area contributed by atoms with E-state index in [1.54, 1.807) is 0 Å². The second-order valence-corrected chi connectivity index (χ2v) is 7.58. The highest BCUT2D eigenvalue weighted by atomic mass is 35.5. The molecule has 0 bridgehead atoms. The second-order valence-electron chi connectivity index (χ2n) is 7.17. The molecule has 0 radical (unpaired) electrons. The standard InChI is InChI=1S/C20H29ClN2O.ClH/c21-19-11-4-3-10-18(19)20(24)23-15-8-5-9-17(23)12-16-22-13-6-1-2-7-14-22;/h3-4,10-11,17H,1-2,5-9,12-16H2;1H. The monoisotopic (exact) mass is 384 g/mol. The van der Waals surface area contributed by atoms with Crippen molar-refractivity contribution in [3.05, 3.63) is 34.9 Å². The third-order valence-electron chi connectivity index (χ3n) is 5.47. The number of carbonyl (C=O) groups is 1. The molecule has 1 unspecified atom stereocenters. The third kappa shape index (κ3) is 5.60. The molecule has 0 aliphatic carbocycles. The zero-order valence-corrected chi connectivity index (χ0v) is 16.5. The molecule has 0 saturated carbocycles. The summed E-state index contributed by atoms with van der Waals surface area (Å²) in [6.45, 7) is 4.45. The summed E-state index contributed by atoms with van der Waals surface area (Å²) in [6.07, 6.45) is 9.96. The lowest BCUT2D eigenvalue weighted by Gasteiger charge is -2.37. The average molecular weight is 385 g/mol. The zero-order chi connectivity index (χ0) is 16.8. The molecule has 2 aliphatic rings. The molecule has 1 amide bonds. The Kier molecular flexibility index (Phi) is 8.54. The fourth-order valence-electron chi connectivity index (χ4n) is 4.05. The van der Waals surface area contributed by atoms with E-state index in [0.29, 0.717) is 16.6 Å². The van der Waals surface area contributed by atoms with E-state index in [2.05, 4.69) is 9.80 Å². The molecule has 0 N–H and O–H groups in total. The Hall–Kier alpha value is -0.770. The predicted octanol–water partition coefficient (Wildman–Crippen LogP) is 5.02. The molecule has 0 spiro atoms. The highest BCUT2D eigenvalue weighted by molar-refractivity contribution is 6.33. The number of piperidine rings is 1. The van der Waals surface area contributed by atoms with Crippen LogP contribution in [0.3, 0.4) is 0 Å². The number of nitrogens with zero attached hydrogens (tertiary/aromatic N) is 2. The molecule has 0 aromatic heterocycles. The van der Waals surface area contributed by atoms with Crippen LogP contribution < -0.4 is 0 Å². The Morgan fingerprint density at radius 1 is 1.00 bits per heavy atom. The number of hydrogen-bond acceptors (Lipinski definition) is 2. The summed E-state index contributed by atoms with van der Waals surface area (Å²) in [7, 11) is 0. The van der Waals surface area contributed by atoms with E-state index in [-0.39, 0.29) is 18.3 Å². The van der Waals surface area contributed by atoms with E-state index in [9.17, 15) is 4.79 Å². The summed E-state index contributed by atoms with van der Waals surface area (Å²) in [4.78, 5) is 17.6. The van der Waals surface area contributed by atoms with Crippen molar-refractivity contribution >= 4 is 29.9 Å². The Balaban J connectivity index is 0.00000225. The van der Waals surface area contributed by atoms with Crippen LogP contribution in [0.1, 0.15) is 61.7 Å². The minimum absolute atomic E-state index is 0. The van der Waals surface area contributed by atoms with Crippen molar-refractivity contribution in [2.75, 3.05) is 26.2 Å². The maximum absolute atomic E-state index is 13.0. The van der Waals surface area contributed by atoms with Crippen LogP contribution in [0.4, 0.5) is 0 Å². The molecule has 2 saturated heterocycles. The first-order chi connectivity index (χ1) is 11.8. The molecule has 3 nitrogen and oxygen atoms in total. The molecular formula is C20H30Cl2N2O. The Morgan fingerprint density at radius 2 is 1.68 bits per heavy atom. The van der Waals surface area contributed by atoms with Gasteiger partial charge in [-0.05, 0) is 63.7 Å². The number of halogens is 2. The van der Waals surface area contributed by atoms with Crippen LogP contribution in [-0.2, 0) is 0 Å². The van der Waals surface area contributed by atoms with Crippen LogP contribution in [-0.4, -0.2) is 47.9 Å². The molecule has 140 valence electrons. The summed E-state index contributed by atoms with van der Waals surface area (Å²) >= 11 is 6.25. The average Bonchev–Trinajstić information content (AvgIpc) is 2.89. The SMILES string of the molecule is Cl.O=C(c1ccccc1Cl)N1CCCCC1CCN1CCCCCC1. The molecule has 3 rings (SSSR count). The van der Waals surface area contributed by atoms with Gasteiger partial charge >= 0.3 is 0 Å². The van der Waals surface area contributed by atoms with Gasteiger partial charge < -0.3 is 9.80 Å². The summed E-state index contributed by atoms with van der Waals surface area (Å²) < 4.78 is 0. The Bertz CT molecular complexity index is 544. The van der Waals surface area contributed by atoms with Crippen LogP contribution in [0.15, 0.2) is 24.3 Å². The fraction of sp³-hybridized carbons (Fsp3) is 0.650. The van der Waals surface area contributed by atoms with Crippen molar-refractivity contribution in [3.8, 4) is 0 Å². The van der Waals surface area contributed by atoms with Crippen molar-refractivity contribution in [3.63, 3.8) is 0 Å². The number of amides is 1. The van der Waals surface area contributed by atoms with Crippen LogP contribution in [0.25, 0.3) is 0 Å². The van der Waals surface area contributed by atoms with Crippen LogP contribution >= 0.6 is 24.0 Å². The second kappa shape index (κ2) is 10.4. The molecule has 2 heterocycles. The van der Waals surface area contributed by atoms with Crippen LogP contribution in [0.5, 0.6) is 0 Å². The summed E-state index contributed by atoms with van der Waals surface area (Å²) in [5, 5.41) is 0.569. The van der Waals surface area contributed by atoms with Gasteiger partial charge in [0.2, 0.25) is 0 Å². The van der Waals surface area contributed by atoms with Gasteiger partial charge in [-0.2, -0.15) is 0 Å². The Labute approximate surface area is 163 Å². The lowest BCUT2D eigenvalue weighted by Crippen LogP contribution is -2.45. The number of rotatable bonds is 4. The van der Waals surface area contributed by atoms with Gasteiger partial charge in [0.1, 0.15) is 0 Å². The molecule has 2 fully saturated rings. The zero-order valence-electron chi connectivity index (χ0n) is 15.0. The maximum atomic E-state index is 13.0. The third-order valence-corrected chi connectivity index (χ3v) is 5.80. The van der Waals surface area contributed by atoms with Gasteiger partial charge in [-0.25, -0.2) is 0 Å². The van der Waals surface area contributed by atoms with E-state index in [0.717, 1.165) is 32.4 Å². The van der Waals surface area contributed by atoms with Gasteiger partial charge in [0.05, 0.1) is 10.6 Å². The number of hydrogen-bond donors (Lipinski definition) is 0.